The quantitative estimate of drug-likeness (QED) is 0.147. The molecule has 0 aromatic carbocycles. The van der Waals surface area contributed by atoms with Gasteiger partial charge in [-0.3, -0.25) is 13.6 Å². The third kappa shape index (κ3) is 13.6. The zero-order chi connectivity index (χ0) is 36.1. The number of phosphoric ester groups is 1. The Balaban J connectivity index is 1.93. The van der Waals surface area contributed by atoms with Crippen LogP contribution in [0, 0.1) is 10.8 Å². The zero-order valence-electron chi connectivity index (χ0n) is 31.6. The van der Waals surface area contributed by atoms with E-state index < -0.39 is 7.82 Å². The summed E-state index contributed by atoms with van der Waals surface area (Å²) in [6.45, 7) is 21.4. The van der Waals surface area contributed by atoms with Gasteiger partial charge in [0.05, 0.1) is 12.2 Å². The van der Waals surface area contributed by atoms with E-state index in [0.29, 0.717) is 6.42 Å². The highest BCUT2D eigenvalue weighted by Gasteiger charge is 2.37. The molecule has 2 unspecified atom stereocenters. The fraction of sp³-hybridized carbons (Fsp3) is 0.476. The Hall–Kier alpha value is -2.79. The summed E-state index contributed by atoms with van der Waals surface area (Å²) in [5, 5.41) is 10.1. The van der Waals surface area contributed by atoms with Crippen LogP contribution in [-0.2, 0) is 18.1 Å². The van der Waals surface area contributed by atoms with E-state index in [2.05, 4.69) is 154 Å². The second kappa shape index (κ2) is 18.8. The largest absolute Gasteiger partial charge is 0.474 e. The van der Waals surface area contributed by atoms with E-state index in [9.17, 15) is 9.67 Å². The van der Waals surface area contributed by atoms with Crippen molar-refractivity contribution in [3.63, 3.8) is 0 Å². The zero-order valence-corrected chi connectivity index (χ0v) is 32.5. The summed E-state index contributed by atoms with van der Waals surface area (Å²) < 4.78 is 28.2. The molecule has 0 fully saturated rings. The fourth-order valence-electron chi connectivity index (χ4n) is 6.52. The minimum atomic E-state index is -3.52. The maximum Gasteiger partial charge on any atom is 0.474 e. The highest BCUT2D eigenvalue weighted by molar-refractivity contribution is 7.48. The Kier molecular flexibility index (Phi) is 16.2. The molecule has 0 spiro atoms. The van der Waals surface area contributed by atoms with Gasteiger partial charge in [0.2, 0.25) is 0 Å². The number of rotatable bonds is 14. The van der Waals surface area contributed by atoms with E-state index in [-0.39, 0.29) is 23.0 Å². The topological polar surface area (TPSA) is 65.0 Å². The molecule has 5 nitrogen and oxygen atoms in total. The number of allylic oxidation sites excluding steroid dienone is 20. The van der Waals surface area contributed by atoms with Crippen molar-refractivity contribution in [2.75, 3.05) is 14.2 Å². The number of hydrogen-bond acceptors (Lipinski definition) is 5. The lowest BCUT2D eigenvalue weighted by Crippen LogP contribution is -2.30. The Morgan fingerprint density at radius 1 is 0.667 bits per heavy atom. The summed E-state index contributed by atoms with van der Waals surface area (Å²) in [7, 11) is -0.828. The van der Waals surface area contributed by atoms with Crippen molar-refractivity contribution in [1.82, 2.24) is 0 Å². The number of hydrogen-bond donors (Lipinski definition) is 1. The summed E-state index contributed by atoms with van der Waals surface area (Å²) in [5.74, 6) is 0. The van der Waals surface area contributed by atoms with Crippen LogP contribution >= 0.6 is 7.82 Å². The molecule has 2 rings (SSSR count). The van der Waals surface area contributed by atoms with Crippen molar-refractivity contribution in [3.8, 4) is 0 Å². The minimum Gasteiger partial charge on any atom is -0.393 e. The molecule has 0 aromatic heterocycles. The van der Waals surface area contributed by atoms with Crippen LogP contribution in [0.15, 0.2) is 130 Å². The molecule has 1 N–H and O–H groups in total. The lowest BCUT2D eigenvalue weighted by molar-refractivity contribution is 0.0765. The third-order valence-corrected chi connectivity index (χ3v) is 10.4. The van der Waals surface area contributed by atoms with Gasteiger partial charge in [0.1, 0.15) is 0 Å². The first-order chi connectivity index (χ1) is 22.4. The van der Waals surface area contributed by atoms with Crippen molar-refractivity contribution in [2.24, 2.45) is 10.8 Å². The lowest BCUT2D eigenvalue weighted by Gasteiger charge is -2.38. The Labute approximate surface area is 292 Å². The molecule has 0 amide bonds. The monoisotopic (exact) mass is 676 g/mol. The average Bonchev–Trinajstić information content (AvgIpc) is 2.97. The van der Waals surface area contributed by atoms with Crippen LogP contribution < -0.4 is 0 Å². The first-order valence-electron chi connectivity index (χ1n) is 17.0. The number of aliphatic hydroxyl groups excluding tert-OH is 1. The van der Waals surface area contributed by atoms with Gasteiger partial charge in [-0.1, -0.05) is 146 Å². The maximum absolute atomic E-state index is 12.5. The molecule has 6 heteroatoms. The predicted molar refractivity (Wildman–Crippen MR) is 205 cm³/mol. The second-order valence-corrected chi connectivity index (χ2v) is 16.4. The van der Waals surface area contributed by atoms with Gasteiger partial charge in [-0.2, -0.15) is 0 Å². The van der Waals surface area contributed by atoms with Crippen molar-refractivity contribution < 1.29 is 23.2 Å². The van der Waals surface area contributed by atoms with Crippen LogP contribution in [0.1, 0.15) is 94.9 Å². The second-order valence-electron chi connectivity index (χ2n) is 14.6. The summed E-state index contributed by atoms with van der Waals surface area (Å²) in [5.41, 5.74) is 9.65. The van der Waals surface area contributed by atoms with E-state index in [1.807, 2.05) is 0 Å². The van der Waals surface area contributed by atoms with Crippen molar-refractivity contribution in [2.45, 2.75) is 107 Å². The maximum atomic E-state index is 12.5. The Morgan fingerprint density at radius 3 is 1.48 bits per heavy atom. The van der Waals surface area contributed by atoms with Gasteiger partial charge in [0.25, 0.3) is 0 Å². The molecule has 2 aliphatic carbocycles. The van der Waals surface area contributed by atoms with Crippen LogP contribution in [0.5, 0.6) is 0 Å². The van der Waals surface area contributed by atoms with Crippen LogP contribution in [0.3, 0.4) is 0 Å². The van der Waals surface area contributed by atoms with Gasteiger partial charge < -0.3 is 5.11 Å². The average molecular weight is 677 g/mol. The minimum absolute atomic E-state index is 0.00585. The van der Waals surface area contributed by atoms with Gasteiger partial charge in [0, 0.05) is 14.2 Å². The molecule has 264 valence electrons. The number of phosphoric acid groups is 1. The molecule has 0 aliphatic heterocycles. The van der Waals surface area contributed by atoms with Crippen molar-refractivity contribution >= 4 is 7.82 Å². The molecule has 0 heterocycles. The van der Waals surface area contributed by atoms with Crippen LogP contribution in [0.25, 0.3) is 0 Å². The molecular weight excluding hydrogens is 615 g/mol. The highest BCUT2D eigenvalue weighted by atomic mass is 31.2. The van der Waals surface area contributed by atoms with Gasteiger partial charge in [-0.25, -0.2) is 4.57 Å². The summed E-state index contributed by atoms with van der Waals surface area (Å²) in [6, 6.07) is 0. The highest BCUT2D eigenvalue weighted by Crippen LogP contribution is 2.53. The van der Waals surface area contributed by atoms with Gasteiger partial charge in [-0.05, 0) is 89.2 Å². The van der Waals surface area contributed by atoms with E-state index in [1.54, 1.807) is 0 Å². The fourth-order valence-corrected chi connectivity index (χ4v) is 7.35. The first kappa shape index (κ1) is 41.4. The van der Waals surface area contributed by atoms with E-state index >= 15 is 0 Å². The molecule has 0 bridgehead atoms. The van der Waals surface area contributed by atoms with Gasteiger partial charge in [-0.15, -0.1) is 0 Å². The molecule has 0 saturated carbocycles. The SMILES string of the molecule is COP(=O)(OC)OC1CC(C)=C(/C=C/C(C)=C/C=C/C(C)=C/C=C/C=C(C)/C=C/C=C(C)/C=C/C2=C(C)CC(O)CC2(C)C)C(C)(C)C1. The van der Waals surface area contributed by atoms with E-state index in [4.69, 9.17) is 13.6 Å². The van der Waals surface area contributed by atoms with Gasteiger partial charge >= 0.3 is 7.82 Å². The Bertz CT molecular complexity index is 1510. The molecule has 0 aromatic rings. The van der Waals surface area contributed by atoms with Gasteiger partial charge in [0.15, 0.2) is 0 Å². The van der Waals surface area contributed by atoms with Crippen LogP contribution in [0.2, 0.25) is 0 Å². The Morgan fingerprint density at radius 2 is 1.06 bits per heavy atom. The smallest absolute Gasteiger partial charge is 0.393 e. The summed E-state index contributed by atoms with van der Waals surface area (Å²) in [6.07, 6.45) is 32.2. The lowest BCUT2D eigenvalue weighted by atomic mass is 9.71. The first-order valence-corrected chi connectivity index (χ1v) is 18.4. The predicted octanol–water partition coefficient (Wildman–Crippen LogP) is 12.0. The normalized spacial score (nSPS) is 23.8. The summed E-state index contributed by atoms with van der Waals surface area (Å²) in [4.78, 5) is 0. The van der Waals surface area contributed by atoms with Crippen LogP contribution in [0.4, 0.5) is 0 Å². The van der Waals surface area contributed by atoms with E-state index in [1.165, 1.54) is 47.7 Å². The molecular formula is C42H61O5P. The van der Waals surface area contributed by atoms with Crippen LogP contribution in [-0.4, -0.2) is 31.5 Å². The molecule has 0 saturated heterocycles. The molecule has 2 aliphatic rings. The number of aliphatic hydroxyl groups is 1. The van der Waals surface area contributed by atoms with Crippen molar-refractivity contribution in [3.05, 3.63) is 130 Å². The standard InChI is InChI=1S/C42H61O5P/c1-31(19-15-21-33(3)23-25-39-35(5)27-37(43)29-41(39,7)8)17-13-14-18-32(2)20-16-22-34(4)24-26-40-36(6)28-38(30-42(40,9)10)47-48(44,45-11)46-12/h13-26,37-38,43H,27-30H2,1-12H3/b14-13+,19-15+,20-16+,25-23+,26-24+,31-17+,32-18+,33-21+,34-22+. The molecule has 2 atom stereocenters. The van der Waals surface area contributed by atoms with Crippen molar-refractivity contribution in [1.29, 1.82) is 0 Å². The molecule has 0 radical (unpaired) electrons. The third-order valence-electron chi connectivity index (χ3n) is 8.95. The molecule has 48 heavy (non-hydrogen) atoms. The van der Waals surface area contributed by atoms with E-state index in [0.717, 1.165) is 30.4 Å². The summed E-state index contributed by atoms with van der Waals surface area (Å²) >= 11 is 0.